The fourth-order valence-electron chi connectivity index (χ4n) is 4.29. The van der Waals surface area contributed by atoms with Crippen molar-refractivity contribution >= 4 is 0 Å². The third-order valence-electron chi connectivity index (χ3n) is 5.54. The number of hydrogen-bond acceptors (Lipinski definition) is 4. The minimum atomic E-state index is -0.695. The summed E-state index contributed by atoms with van der Waals surface area (Å²) in [7, 11) is 0. The Labute approximate surface area is 148 Å². The number of para-hydroxylation sites is 1. The number of aliphatic hydroxyl groups is 2. The Kier molecular flexibility index (Phi) is 4.75. The Bertz CT molecular complexity index is 702. The first-order valence-electron chi connectivity index (χ1n) is 8.98. The Morgan fingerprint density at radius 2 is 1.72 bits per heavy atom. The summed E-state index contributed by atoms with van der Waals surface area (Å²) in [6.45, 7) is 0.511. The number of rotatable bonds is 6. The zero-order valence-electron chi connectivity index (χ0n) is 14.1. The molecule has 25 heavy (non-hydrogen) atoms. The number of benzene rings is 2. The van der Waals surface area contributed by atoms with E-state index >= 15 is 0 Å². The lowest BCUT2D eigenvalue weighted by Gasteiger charge is -2.31. The van der Waals surface area contributed by atoms with E-state index in [0.717, 1.165) is 24.0 Å². The molecule has 2 bridgehead atoms. The van der Waals surface area contributed by atoms with E-state index in [0.29, 0.717) is 12.4 Å². The van der Waals surface area contributed by atoms with Gasteiger partial charge in [0.15, 0.2) is 0 Å². The average Bonchev–Trinajstić information content (AvgIpc) is 3.28. The van der Waals surface area contributed by atoms with E-state index in [2.05, 4.69) is 0 Å². The summed E-state index contributed by atoms with van der Waals surface area (Å²) >= 11 is 0. The molecule has 4 rings (SSSR count). The molecule has 4 nitrogen and oxygen atoms in total. The maximum absolute atomic E-state index is 11.1. The van der Waals surface area contributed by atoms with Gasteiger partial charge in [-0.15, -0.1) is 0 Å². The molecule has 2 aromatic carbocycles. The molecule has 132 valence electrons. The second kappa shape index (κ2) is 7.16. The van der Waals surface area contributed by atoms with Crippen LogP contribution in [0.25, 0.3) is 0 Å². The van der Waals surface area contributed by atoms with Crippen LogP contribution in [0.2, 0.25) is 0 Å². The molecule has 2 aliphatic heterocycles. The minimum absolute atomic E-state index is 0.00377. The van der Waals surface area contributed by atoms with Crippen molar-refractivity contribution in [1.29, 1.82) is 0 Å². The highest BCUT2D eigenvalue weighted by Gasteiger charge is 2.51. The van der Waals surface area contributed by atoms with Gasteiger partial charge in [-0.2, -0.15) is 0 Å². The Morgan fingerprint density at radius 1 is 1.00 bits per heavy atom. The number of ether oxygens (including phenoxy) is 2. The molecule has 4 heteroatoms. The lowest BCUT2D eigenvalue weighted by atomic mass is 9.75. The van der Waals surface area contributed by atoms with Crippen LogP contribution in [-0.2, 0) is 11.3 Å². The maximum Gasteiger partial charge on any atom is 0.125 e. The normalized spacial score (nSPS) is 28.9. The largest absolute Gasteiger partial charge is 0.489 e. The van der Waals surface area contributed by atoms with Crippen LogP contribution in [0.15, 0.2) is 54.6 Å². The molecule has 1 unspecified atom stereocenters. The standard InChI is InChI=1S/C21H24O4/c22-12-16-18-10-11-19(25-18)20(16)21(23)15-8-4-5-9-17(15)24-13-14-6-2-1-3-7-14/h1-9,16,18-23H,10-13H2/t16-,18+,19-,20+,21?/m0/s1. The summed E-state index contributed by atoms with van der Waals surface area (Å²) in [6, 6.07) is 17.6. The number of hydrogen-bond donors (Lipinski definition) is 2. The highest BCUT2D eigenvalue weighted by Crippen LogP contribution is 2.49. The first-order chi connectivity index (χ1) is 12.3. The first kappa shape index (κ1) is 16.6. The lowest BCUT2D eigenvalue weighted by molar-refractivity contribution is 0.0285. The molecule has 2 aromatic rings. The van der Waals surface area contributed by atoms with Gasteiger partial charge in [-0.25, -0.2) is 0 Å². The van der Waals surface area contributed by atoms with Gasteiger partial charge in [0, 0.05) is 24.0 Å². The predicted octanol–water partition coefficient (Wildman–Crippen LogP) is 3.08. The summed E-state index contributed by atoms with van der Waals surface area (Å²) in [5.41, 5.74) is 1.86. The van der Waals surface area contributed by atoms with Gasteiger partial charge in [0.2, 0.25) is 0 Å². The van der Waals surface area contributed by atoms with E-state index in [9.17, 15) is 10.2 Å². The lowest BCUT2D eigenvalue weighted by Crippen LogP contribution is -2.34. The van der Waals surface area contributed by atoms with Crippen LogP contribution in [-0.4, -0.2) is 29.0 Å². The van der Waals surface area contributed by atoms with Gasteiger partial charge < -0.3 is 19.7 Å². The fraction of sp³-hybridized carbons (Fsp3) is 0.429. The Morgan fingerprint density at radius 3 is 2.52 bits per heavy atom. The zero-order valence-corrected chi connectivity index (χ0v) is 14.1. The molecule has 0 amide bonds. The maximum atomic E-state index is 11.1. The van der Waals surface area contributed by atoms with Gasteiger partial charge >= 0.3 is 0 Å². The molecule has 2 saturated heterocycles. The van der Waals surface area contributed by atoms with Crippen LogP contribution < -0.4 is 4.74 Å². The van der Waals surface area contributed by atoms with Crippen LogP contribution >= 0.6 is 0 Å². The summed E-state index contributed by atoms with van der Waals surface area (Å²) < 4.78 is 11.9. The van der Waals surface area contributed by atoms with Gasteiger partial charge in [-0.1, -0.05) is 48.5 Å². The SMILES string of the molecule is OC[C@@H]1[C@@H](C(O)c2ccccc2OCc2ccccc2)[C@@H]2CC[C@H]1O2. The van der Waals surface area contributed by atoms with E-state index in [-0.39, 0.29) is 30.7 Å². The molecule has 2 heterocycles. The second-order valence-electron chi connectivity index (χ2n) is 6.97. The van der Waals surface area contributed by atoms with E-state index < -0.39 is 6.10 Å². The monoisotopic (exact) mass is 340 g/mol. The van der Waals surface area contributed by atoms with Crippen LogP contribution in [0.1, 0.15) is 30.1 Å². The molecule has 0 saturated carbocycles. The zero-order chi connectivity index (χ0) is 17.2. The topological polar surface area (TPSA) is 58.9 Å². The average molecular weight is 340 g/mol. The van der Waals surface area contributed by atoms with E-state index in [4.69, 9.17) is 9.47 Å². The molecule has 0 spiro atoms. The smallest absolute Gasteiger partial charge is 0.125 e. The van der Waals surface area contributed by atoms with Gasteiger partial charge in [-0.3, -0.25) is 0 Å². The summed E-state index contributed by atoms with van der Waals surface area (Å²) in [4.78, 5) is 0. The summed E-state index contributed by atoms with van der Waals surface area (Å²) in [5.74, 6) is 0.611. The van der Waals surface area contributed by atoms with Crippen molar-refractivity contribution in [2.24, 2.45) is 11.8 Å². The van der Waals surface area contributed by atoms with Crippen molar-refractivity contribution in [3.63, 3.8) is 0 Å². The first-order valence-corrected chi connectivity index (χ1v) is 8.98. The van der Waals surface area contributed by atoms with E-state index in [1.807, 2.05) is 54.6 Å². The van der Waals surface area contributed by atoms with Crippen LogP contribution in [0, 0.1) is 11.8 Å². The predicted molar refractivity (Wildman–Crippen MR) is 94.1 cm³/mol. The van der Waals surface area contributed by atoms with Crippen LogP contribution in [0.5, 0.6) is 5.75 Å². The van der Waals surface area contributed by atoms with Crippen molar-refractivity contribution < 1.29 is 19.7 Å². The van der Waals surface area contributed by atoms with Crippen LogP contribution in [0.3, 0.4) is 0 Å². The molecular formula is C21H24O4. The third-order valence-corrected chi connectivity index (χ3v) is 5.54. The van der Waals surface area contributed by atoms with Gasteiger partial charge in [0.25, 0.3) is 0 Å². The summed E-state index contributed by atoms with van der Waals surface area (Å²) in [6.07, 6.45) is 1.34. The van der Waals surface area contributed by atoms with Crippen molar-refractivity contribution in [2.75, 3.05) is 6.61 Å². The second-order valence-corrected chi connectivity index (χ2v) is 6.97. The van der Waals surface area contributed by atoms with E-state index in [1.165, 1.54) is 0 Å². The van der Waals surface area contributed by atoms with Crippen molar-refractivity contribution in [3.8, 4) is 5.75 Å². The number of fused-ring (bicyclic) bond motifs is 2. The quantitative estimate of drug-likeness (QED) is 0.848. The number of aliphatic hydroxyl groups excluding tert-OH is 2. The molecule has 0 radical (unpaired) electrons. The molecular weight excluding hydrogens is 316 g/mol. The minimum Gasteiger partial charge on any atom is -0.489 e. The van der Waals surface area contributed by atoms with Crippen LogP contribution in [0.4, 0.5) is 0 Å². The van der Waals surface area contributed by atoms with Gasteiger partial charge in [0.1, 0.15) is 12.4 Å². The third kappa shape index (κ3) is 3.17. The molecule has 2 N–H and O–H groups in total. The van der Waals surface area contributed by atoms with Crippen molar-refractivity contribution in [2.45, 2.75) is 37.8 Å². The molecule has 2 fully saturated rings. The highest BCUT2D eigenvalue weighted by atomic mass is 16.5. The van der Waals surface area contributed by atoms with E-state index in [1.54, 1.807) is 0 Å². The van der Waals surface area contributed by atoms with Gasteiger partial charge in [-0.05, 0) is 24.5 Å². The molecule has 5 atom stereocenters. The summed E-state index contributed by atoms with van der Waals surface area (Å²) in [5, 5.41) is 20.8. The van der Waals surface area contributed by atoms with Gasteiger partial charge in [0.05, 0.1) is 18.3 Å². The Balaban J connectivity index is 1.54. The molecule has 2 aliphatic rings. The fourth-order valence-corrected chi connectivity index (χ4v) is 4.29. The molecule has 0 aromatic heterocycles. The Hall–Kier alpha value is -1.88. The van der Waals surface area contributed by atoms with Crippen molar-refractivity contribution in [3.05, 3.63) is 65.7 Å². The van der Waals surface area contributed by atoms with Crippen molar-refractivity contribution in [1.82, 2.24) is 0 Å². The highest BCUT2D eigenvalue weighted by molar-refractivity contribution is 5.36. The molecule has 0 aliphatic carbocycles.